The molecular weight excluding hydrogens is 240 g/mol. The van der Waals surface area contributed by atoms with Crippen molar-refractivity contribution in [3.63, 3.8) is 0 Å². The molecule has 1 aliphatic heterocycles. The molecule has 1 aliphatic rings. The van der Waals surface area contributed by atoms with E-state index in [0.717, 1.165) is 0 Å². The van der Waals surface area contributed by atoms with Crippen LogP contribution in [-0.2, 0) is 4.74 Å². The molecule has 0 spiro atoms. The van der Waals surface area contributed by atoms with Crippen LogP contribution in [-0.4, -0.2) is 39.1 Å². The zero-order valence-corrected chi connectivity index (χ0v) is 10.00. The smallest absolute Gasteiger partial charge is 0.330 e. The van der Waals surface area contributed by atoms with Gasteiger partial charge in [0, 0.05) is 24.1 Å². The molecule has 7 heteroatoms. The Bertz CT molecular complexity index is 537. The number of hydrogen-bond acceptors (Lipinski definition) is 5. The van der Waals surface area contributed by atoms with Crippen LogP contribution in [0, 0.1) is 5.41 Å². The second-order valence-corrected chi connectivity index (χ2v) is 4.80. The van der Waals surface area contributed by atoms with Crippen LogP contribution in [0.25, 0.3) is 0 Å². The molecular formula is C11H16N2O5. The van der Waals surface area contributed by atoms with Crippen LogP contribution in [0.15, 0.2) is 21.9 Å². The van der Waals surface area contributed by atoms with Gasteiger partial charge in [0.2, 0.25) is 0 Å². The molecule has 100 valence electrons. The number of aromatic amines is 1. The number of hydrogen-bond donors (Lipinski definition) is 3. The van der Waals surface area contributed by atoms with E-state index < -0.39 is 29.0 Å². The number of aliphatic hydroxyl groups excluding tert-OH is 2. The lowest BCUT2D eigenvalue weighted by molar-refractivity contribution is -0.0541. The van der Waals surface area contributed by atoms with E-state index in [0.29, 0.717) is 6.42 Å². The molecule has 2 rings (SSSR count). The molecule has 1 fully saturated rings. The Hall–Kier alpha value is -1.44. The summed E-state index contributed by atoms with van der Waals surface area (Å²) in [5.74, 6) is 0. The third-order valence-electron chi connectivity index (χ3n) is 3.43. The fourth-order valence-electron chi connectivity index (χ4n) is 2.18. The highest BCUT2D eigenvalue weighted by atomic mass is 16.5. The minimum absolute atomic E-state index is 0.146. The second-order valence-electron chi connectivity index (χ2n) is 4.80. The van der Waals surface area contributed by atoms with Crippen molar-refractivity contribution in [2.45, 2.75) is 25.7 Å². The molecule has 0 saturated carbocycles. The minimum atomic E-state index is -0.602. The molecule has 1 aromatic rings. The van der Waals surface area contributed by atoms with Crippen molar-refractivity contribution < 1.29 is 14.9 Å². The number of aliphatic hydroxyl groups is 2. The number of rotatable bonds is 3. The highest BCUT2D eigenvalue weighted by molar-refractivity contribution is 4.93. The summed E-state index contributed by atoms with van der Waals surface area (Å²) in [6, 6.07) is 1.23. The van der Waals surface area contributed by atoms with Gasteiger partial charge in [-0.1, -0.05) is 6.92 Å². The predicted octanol–water partition coefficient (Wildman–Crippen LogP) is -1.18. The van der Waals surface area contributed by atoms with E-state index in [2.05, 4.69) is 4.98 Å². The van der Waals surface area contributed by atoms with Crippen LogP contribution >= 0.6 is 0 Å². The fourth-order valence-corrected chi connectivity index (χ4v) is 2.18. The molecule has 2 heterocycles. The first kappa shape index (κ1) is 13.0. The fraction of sp³-hybridized carbons (Fsp3) is 0.636. The molecule has 0 aliphatic carbocycles. The quantitative estimate of drug-likeness (QED) is 0.631. The molecule has 1 saturated heterocycles. The van der Waals surface area contributed by atoms with E-state index in [9.17, 15) is 19.8 Å². The Labute approximate surface area is 103 Å². The third kappa shape index (κ3) is 2.12. The molecule has 0 bridgehead atoms. The lowest BCUT2D eigenvalue weighted by atomic mass is 9.84. The molecule has 1 unspecified atom stereocenters. The second kappa shape index (κ2) is 4.68. The van der Waals surface area contributed by atoms with Gasteiger partial charge in [0.05, 0.1) is 19.3 Å². The Morgan fingerprint density at radius 1 is 1.56 bits per heavy atom. The lowest BCUT2D eigenvalue weighted by Gasteiger charge is -2.25. The number of nitrogens with zero attached hydrogens (tertiary/aromatic N) is 1. The van der Waals surface area contributed by atoms with E-state index in [1.165, 1.54) is 16.8 Å². The van der Waals surface area contributed by atoms with Gasteiger partial charge in [-0.3, -0.25) is 14.3 Å². The normalized spacial score (nSPS) is 31.7. The molecule has 0 radical (unpaired) electrons. The lowest BCUT2D eigenvalue weighted by Crippen LogP contribution is -2.34. The van der Waals surface area contributed by atoms with Crippen molar-refractivity contribution in [3.8, 4) is 0 Å². The summed E-state index contributed by atoms with van der Waals surface area (Å²) in [5.41, 5.74) is -1.64. The first-order chi connectivity index (χ1) is 8.50. The average Bonchev–Trinajstić information content (AvgIpc) is 2.67. The summed E-state index contributed by atoms with van der Waals surface area (Å²) in [4.78, 5) is 24.7. The predicted molar refractivity (Wildman–Crippen MR) is 62.1 cm³/mol. The summed E-state index contributed by atoms with van der Waals surface area (Å²) in [7, 11) is 0. The van der Waals surface area contributed by atoms with Crippen molar-refractivity contribution in [1.82, 2.24) is 9.55 Å². The van der Waals surface area contributed by atoms with Gasteiger partial charge in [-0.05, 0) is 0 Å². The molecule has 7 nitrogen and oxygen atoms in total. The number of aromatic nitrogens is 2. The van der Waals surface area contributed by atoms with Gasteiger partial charge >= 0.3 is 5.69 Å². The number of ether oxygens (including phenoxy) is 1. The maximum Gasteiger partial charge on any atom is 0.330 e. The molecule has 3 N–H and O–H groups in total. The molecule has 0 amide bonds. The number of nitrogens with one attached hydrogen (secondary N) is 1. The van der Waals surface area contributed by atoms with Crippen LogP contribution in [0.1, 0.15) is 19.6 Å². The molecule has 1 aromatic heterocycles. The van der Waals surface area contributed by atoms with Gasteiger partial charge in [-0.15, -0.1) is 0 Å². The average molecular weight is 256 g/mol. The highest BCUT2D eigenvalue weighted by Crippen LogP contribution is 2.41. The third-order valence-corrected chi connectivity index (χ3v) is 3.43. The Morgan fingerprint density at radius 3 is 2.78 bits per heavy atom. The van der Waals surface area contributed by atoms with E-state index in [1.807, 2.05) is 0 Å². The van der Waals surface area contributed by atoms with E-state index in [-0.39, 0.29) is 13.2 Å². The van der Waals surface area contributed by atoms with Crippen LogP contribution in [0.3, 0.4) is 0 Å². The SMILES string of the molecule is CC1(CO)C[C@@H](n2ccc(=O)[nH]c2=O)O[C@@H]1CO. The van der Waals surface area contributed by atoms with E-state index in [1.54, 1.807) is 6.92 Å². The van der Waals surface area contributed by atoms with Crippen molar-refractivity contribution in [1.29, 1.82) is 0 Å². The Kier molecular flexibility index (Phi) is 3.38. The summed E-state index contributed by atoms with van der Waals surface area (Å²) in [5, 5.41) is 18.6. The van der Waals surface area contributed by atoms with Crippen LogP contribution in [0.2, 0.25) is 0 Å². The van der Waals surface area contributed by atoms with Crippen molar-refractivity contribution in [2.24, 2.45) is 5.41 Å². The van der Waals surface area contributed by atoms with Gasteiger partial charge in [0.1, 0.15) is 6.23 Å². The monoisotopic (exact) mass is 256 g/mol. The van der Waals surface area contributed by atoms with Gasteiger partial charge < -0.3 is 14.9 Å². The van der Waals surface area contributed by atoms with Gasteiger partial charge in [-0.2, -0.15) is 0 Å². The summed E-state index contributed by atoms with van der Waals surface area (Å²) >= 11 is 0. The van der Waals surface area contributed by atoms with Gasteiger partial charge in [-0.25, -0.2) is 4.79 Å². The summed E-state index contributed by atoms with van der Waals surface area (Å²) < 4.78 is 6.81. The first-order valence-electron chi connectivity index (χ1n) is 5.69. The molecule has 18 heavy (non-hydrogen) atoms. The maximum absolute atomic E-state index is 11.6. The van der Waals surface area contributed by atoms with Crippen LogP contribution in [0.5, 0.6) is 0 Å². The maximum atomic E-state index is 11.6. The topological polar surface area (TPSA) is 105 Å². The molecule has 0 aromatic carbocycles. The van der Waals surface area contributed by atoms with Gasteiger partial charge in [0.15, 0.2) is 0 Å². The van der Waals surface area contributed by atoms with Crippen LogP contribution < -0.4 is 11.2 Å². The van der Waals surface area contributed by atoms with Gasteiger partial charge in [0.25, 0.3) is 5.56 Å². The minimum Gasteiger partial charge on any atom is -0.396 e. The van der Waals surface area contributed by atoms with Crippen molar-refractivity contribution >= 4 is 0 Å². The largest absolute Gasteiger partial charge is 0.396 e. The first-order valence-corrected chi connectivity index (χ1v) is 5.69. The van der Waals surface area contributed by atoms with E-state index >= 15 is 0 Å². The molecule has 3 atom stereocenters. The van der Waals surface area contributed by atoms with Crippen molar-refractivity contribution in [2.75, 3.05) is 13.2 Å². The van der Waals surface area contributed by atoms with Crippen molar-refractivity contribution in [3.05, 3.63) is 33.1 Å². The number of H-pyrrole nitrogens is 1. The zero-order valence-electron chi connectivity index (χ0n) is 10.00. The standard InChI is InChI=1S/C11H16N2O5/c1-11(6-15)4-9(18-7(11)5-14)13-3-2-8(16)12-10(13)17/h2-3,7,9,14-15H,4-6H2,1H3,(H,12,16,17)/t7-,9+,11?/m1/s1. The van der Waals surface area contributed by atoms with E-state index in [4.69, 9.17) is 4.74 Å². The Morgan fingerprint density at radius 2 is 2.28 bits per heavy atom. The zero-order chi connectivity index (χ0) is 13.3. The van der Waals surface area contributed by atoms with Crippen LogP contribution in [0.4, 0.5) is 0 Å². The summed E-state index contributed by atoms with van der Waals surface area (Å²) in [6.45, 7) is 1.41. The Balaban J connectivity index is 2.32. The summed E-state index contributed by atoms with van der Waals surface area (Å²) in [6.07, 6.45) is 0.610. The highest BCUT2D eigenvalue weighted by Gasteiger charge is 2.45.